The number of guanidine groups is 1. The van der Waals surface area contributed by atoms with Gasteiger partial charge in [-0.1, -0.05) is 0 Å². The Labute approximate surface area is 179 Å². The molecule has 3 aromatic heterocycles. The van der Waals surface area contributed by atoms with E-state index in [1.165, 1.54) is 9.75 Å². The molecule has 0 bridgehead atoms. The molecule has 0 spiro atoms. The summed E-state index contributed by atoms with van der Waals surface area (Å²) in [6, 6.07) is 4.37. The smallest absolute Gasteiger partial charge is 0.193 e. The van der Waals surface area contributed by atoms with Crippen LogP contribution in [-0.4, -0.2) is 58.9 Å². The van der Waals surface area contributed by atoms with E-state index < -0.39 is 0 Å². The van der Waals surface area contributed by atoms with Crippen LogP contribution in [0.4, 0.5) is 0 Å². The highest BCUT2D eigenvalue weighted by Gasteiger charge is 2.25. The molecule has 9 heteroatoms. The first kappa shape index (κ1) is 20.1. The lowest BCUT2D eigenvalue weighted by atomic mass is 10.1. The molecule has 154 valence electrons. The summed E-state index contributed by atoms with van der Waals surface area (Å²) in [5.41, 5.74) is 2.19. The maximum Gasteiger partial charge on any atom is 0.193 e. The summed E-state index contributed by atoms with van der Waals surface area (Å²) in [4.78, 5) is 13.9. The van der Waals surface area contributed by atoms with Crippen LogP contribution < -0.4 is 5.32 Å². The van der Waals surface area contributed by atoms with Gasteiger partial charge in [-0.3, -0.25) is 9.67 Å². The molecule has 7 nitrogen and oxygen atoms in total. The first-order valence-electron chi connectivity index (χ1n) is 9.69. The van der Waals surface area contributed by atoms with Crippen molar-refractivity contribution in [3.63, 3.8) is 0 Å². The molecule has 0 amide bonds. The van der Waals surface area contributed by atoms with Crippen LogP contribution in [0.2, 0.25) is 0 Å². The Balaban J connectivity index is 1.31. The largest absolute Gasteiger partial charge is 0.370 e. The molecule has 1 aliphatic heterocycles. The third kappa shape index (κ3) is 4.85. The molecule has 29 heavy (non-hydrogen) atoms. The van der Waals surface area contributed by atoms with Crippen molar-refractivity contribution in [1.29, 1.82) is 0 Å². The third-order valence-electron chi connectivity index (χ3n) is 4.86. The molecule has 1 atom stereocenters. The fraction of sp³-hybridized carbons (Fsp3) is 0.450. The van der Waals surface area contributed by atoms with Crippen LogP contribution in [0, 0.1) is 6.92 Å². The minimum Gasteiger partial charge on any atom is -0.370 e. The van der Waals surface area contributed by atoms with E-state index in [2.05, 4.69) is 42.8 Å². The van der Waals surface area contributed by atoms with Gasteiger partial charge in [0.25, 0.3) is 0 Å². The van der Waals surface area contributed by atoms with Crippen molar-refractivity contribution in [2.75, 3.05) is 33.3 Å². The second-order valence-electron chi connectivity index (χ2n) is 6.99. The molecule has 0 aliphatic carbocycles. The molecule has 0 saturated carbocycles. The minimum atomic E-state index is 0.0254. The van der Waals surface area contributed by atoms with Crippen molar-refractivity contribution < 1.29 is 4.74 Å². The fourth-order valence-corrected chi connectivity index (χ4v) is 5.06. The summed E-state index contributed by atoms with van der Waals surface area (Å²) < 4.78 is 7.75. The van der Waals surface area contributed by atoms with Gasteiger partial charge in [-0.05, 0) is 25.5 Å². The highest BCUT2D eigenvalue weighted by Crippen LogP contribution is 2.29. The number of morpholine rings is 1. The van der Waals surface area contributed by atoms with Crippen molar-refractivity contribution in [2.24, 2.45) is 12.0 Å². The topological polar surface area (TPSA) is 67.6 Å². The number of hydrogen-bond acceptors (Lipinski definition) is 6. The Kier molecular flexibility index (Phi) is 6.27. The van der Waals surface area contributed by atoms with E-state index in [1.807, 2.05) is 49.4 Å². The predicted molar refractivity (Wildman–Crippen MR) is 119 cm³/mol. The number of hydrogen-bond donors (Lipinski definition) is 1. The molecular weight excluding hydrogens is 404 g/mol. The molecular formula is C20H26N6OS2. The summed E-state index contributed by atoms with van der Waals surface area (Å²) in [5.74, 6) is 0.925. The Morgan fingerprint density at radius 3 is 3.03 bits per heavy atom. The SMILES string of the molecule is CN=C(NCCc1ccc(-c2csc(C)n2)s1)N1CCOC(c2cnn(C)c2)C1. The van der Waals surface area contributed by atoms with Crippen LogP contribution in [0.5, 0.6) is 0 Å². The van der Waals surface area contributed by atoms with Gasteiger partial charge in [0, 0.05) is 49.2 Å². The second kappa shape index (κ2) is 9.06. The Morgan fingerprint density at radius 2 is 2.31 bits per heavy atom. The van der Waals surface area contributed by atoms with Gasteiger partial charge in [0.15, 0.2) is 5.96 Å². The van der Waals surface area contributed by atoms with Gasteiger partial charge < -0.3 is 15.0 Å². The molecule has 1 N–H and O–H groups in total. The molecule has 0 aromatic carbocycles. The van der Waals surface area contributed by atoms with E-state index in [0.717, 1.165) is 48.3 Å². The van der Waals surface area contributed by atoms with E-state index in [-0.39, 0.29) is 6.10 Å². The molecule has 1 unspecified atom stereocenters. The number of thiazole rings is 1. The summed E-state index contributed by atoms with van der Waals surface area (Å²) in [6.07, 6.45) is 4.88. The number of aryl methyl sites for hydroxylation is 2. The maximum atomic E-state index is 5.94. The zero-order valence-corrected chi connectivity index (χ0v) is 18.6. The Bertz CT molecular complexity index is 975. The lowest BCUT2D eigenvalue weighted by Crippen LogP contribution is -2.48. The van der Waals surface area contributed by atoms with Crippen LogP contribution in [0.1, 0.15) is 21.6 Å². The van der Waals surface area contributed by atoms with E-state index in [4.69, 9.17) is 4.74 Å². The normalized spacial score (nSPS) is 17.7. The quantitative estimate of drug-likeness (QED) is 0.498. The average molecular weight is 431 g/mol. The lowest BCUT2D eigenvalue weighted by Gasteiger charge is -2.34. The van der Waals surface area contributed by atoms with Gasteiger partial charge in [0.2, 0.25) is 0 Å². The maximum absolute atomic E-state index is 5.94. The van der Waals surface area contributed by atoms with Gasteiger partial charge in [0.1, 0.15) is 6.10 Å². The highest BCUT2D eigenvalue weighted by atomic mass is 32.1. The van der Waals surface area contributed by atoms with Crippen LogP contribution in [-0.2, 0) is 18.2 Å². The minimum absolute atomic E-state index is 0.0254. The van der Waals surface area contributed by atoms with Crippen LogP contribution >= 0.6 is 22.7 Å². The van der Waals surface area contributed by atoms with Gasteiger partial charge in [-0.25, -0.2) is 4.98 Å². The van der Waals surface area contributed by atoms with E-state index in [1.54, 1.807) is 11.3 Å². The van der Waals surface area contributed by atoms with Crippen LogP contribution in [0.15, 0.2) is 34.9 Å². The van der Waals surface area contributed by atoms with Crippen LogP contribution in [0.25, 0.3) is 10.6 Å². The van der Waals surface area contributed by atoms with Gasteiger partial charge in [-0.15, -0.1) is 22.7 Å². The van der Waals surface area contributed by atoms with E-state index >= 15 is 0 Å². The molecule has 3 aromatic rings. The number of thiophene rings is 1. The molecule has 4 rings (SSSR count). The second-order valence-corrected chi connectivity index (χ2v) is 9.23. The van der Waals surface area contributed by atoms with E-state index in [0.29, 0.717) is 6.61 Å². The molecule has 1 aliphatic rings. The van der Waals surface area contributed by atoms with E-state index in [9.17, 15) is 0 Å². The summed E-state index contributed by atoms with van der Waals surface area (Å²) >= 11 is 3.51. The monoisotopic (exact) mass is 430 g/mol. The summed E-state index contributed by atoms with van der Waals surface area (Å²) in [7, 11) is 3.76. The lowest BCUT2D eigenvalue weighted by molar-refractivity contribution is -0.00800. The molecule has 1 saturated heterocycles. The Hall–Kier alpha value is -2.23. The number of nitrogens with zero attached hydrogens (tertiary/aromatic N) is 5. The van der Waals surface area contributed by atoms with Crippen molar-refractivity contribution in [2.45, 2.75) is 19.4 Å². The first-order chi connectivity index (χ1) is 14.1. The highest BCUT2D eigenvalue weighted by molar-refractivity contribution is 7.16. The van der Waals surface area contributed by atoms with Crippen molar-refractivity contribution >= 4 is 28.6 Å². The number of rotatable bonds is 5. The predicted octanol–water partition coefficient (Wildman–Crippen LogP) is 3.10. The standard InChI is InChI=1S/C20H26N6OS2/c1-14-24-17(13-28-14)19-5-4-16(29-19)6-7-22-20(21-2)26-8-9-27-18(12-26)15-10-23-25(3)11-15/h4-5,10-11,13,18H,6-9,12H2,1-3H3,(H,21,22). The average Bonchev–Trinajstić information content (AvgIpc) is 3.46. The summed E-state index contributed by atoms with van der Waals surface area (Å²) in [5, 5.41) is 11.0. The zero-order valence-electron chi connectivity index (χ0n) is 17.0. The number of aromatic nitrogens is 3. The number of aliphatic imine (C=N–C) groups is 1. The number of nitrogens with one attached hydrogen (secondary N) is 1. The summed E-state index contributed by atoms with van der Waals surface area (Å²) in [6.45, 7) is 5.18. The third-order valence-corrected chi connectivity index (χ3v) is 6.80. The zero-order chi connectivity index (χ0) is 20.2. The van der Waals surface area contributed by atoms with Crippen LogP contribution in [0.3, 0.4) is 0 Å². The fourth-order valence-electron chi connectivity index (χ4n) is 3.41. The molecule has 1 fully saturated rings. The molecule has 0 radical (unpaired) electrons. The van der Waals surface area contributed by atoms with Crippen molar-refractivity contribution in [3.8, 4) is 10.6 Å². The van der Waals surface area contributed by atoms with Crippen molar-refractivity contribution in [1.82, 2.24) is 25.0 Å². The Morgan fingerprint density at radius 1 is 1.41 bits per heavy atom. The van der Waals surface area contributed by atoms with Crippen molar-refractivity contribution in [3.05, 3.63) is 45.4 Å². The van der Waals surface area contributed by atoms with Gasteiger partial charge in [-0.2, -0.15) is 5.10 Å². The number of ether oxygens (including phenoxy) is 1. The first-order valence-corrected chi connectivity index (χ1v) is 11.4. The molecule has 4 heterocycles. The van der Waals surface area contributed by atoms with Gasteiger partial charge in [0.05, 0.1) is 34.9 Å². The van der Waals surface area contributed by atoms with Gasteiger partial charge >= 0.3 is 0 Å².